The Hall–Kier alpha value is -3.15. The number of carbonyl (C=O) groups is 5. The summed E-state index contributed by atoms with van der Waals surface area (Å²) in [7, 11) is 0. The first-order valence-electron chi connectivity index (χ1n) is 10.9. The van der Waals surface area contributed by atoms with Gasteiger partial charge in [0.15, 0.2) is 0 Å². The molecule has 0 radical (unpaired) electrons. The van der Waals surface area contributed by atoms with Gasteiger partial charge in [0.25, 0.3) is 11.8 Å². The normalized spacial score (nSPS) is 35.1. The summed E-state index contributed by atoms with van der Waals surface area (Å²) < 4.78 is 0. The number of benzene rings is 1. The van der Waals surface area contributed by atoms with E-state index in [1.807, 2.05) is 0 Å². The molecule has 11 nitrogen and oxygen atoms in total. The average molecular weight is 457 g/mol. The van der Waals surface area contributed by atoms with Crippen LogP contribution in [0.4, 0.5) is 0 Å². The number of aliphatic hydroxyl groups excluding tert-OH is 3. The van der Waals surface area contributed by atoms with Gasteiger partial charge in [-0.15, -0.1) is 0 Å². The largest absolute Gasteiger partial charge is 0.392 e. The second-order valence-electron chi connectivity index (χ2n) is 9.06. The third-order valence-corrected chi connectivity index (χ3v) is 7.35. The molecule has 1 aromatic rings. The molecule has 11 heteroatoms. The fraction of sp³-hybridized carbons (Fsp3) is 0.500. The Kier molecular flexibility index (Phi) is 5.07. The summed E-state index contributed by atoms with van der Waals surface area (Å²) in [5, 5.41) is 35.1. The van der Waals surface area contributed by atoms with Crippen LogP contribution < -0.4 is 10.6 Å². The van der Waals surface area contributed by atoms with Crippen LogP contribution in [-0.4, -0.2) is 74.1 Å². The van der Waals surface area contributed by atoms with Gasteiger partial charge in [0.05, 0.1) is 29.4 Å². The Labute approximate surface area is 187 Å². The second-order valence-corrected chi connectivity index (χ2v) is 9.06. The van der Waals surface area contributed by atoms with Crippen LogP contribution in [0.1, 0.15) is 45.5 Å². The number of carbonyl (C=O) groups excluding carboxylic acids is 5. The lowest BCUT2D eigenvalue weighted by atomic mass is 9.84. The number of nitrogens with one attached hydrogen (secondary N) is 2. The van der Waals surface area contributed by atoms with Crippen LogP contribution in [0.15, 0.2) is 18.2 Å². The zero-order chi connectivity index (χ0) is 23.6. The van der Waals surface area contributed by atoms with Crippen molar-refractivity contribution >= 4 is 29.5 Å². The van der Waals surface area contributed by atoms with E-state index in [2.05, 4.69) is 10.6 Å². The molecule has 4 unspecified atom stereocenters. The van der Waals surface area contributed by atoms with Crippen molar-refractivity contribution in [3.8, 4) is 0 Å². The number of rotatable bonds is 4. The number of hydrogen-bond acceptors (Lipinski definition) is 8. The van der Waals surface area contributed by atoms with Crippen molar-refractivity contribution in [2.24, 2.45) is 17.8 Å². The number of piperidine rings is 1. The molecule has 5 rings (SSSR count). The quantitative estimate of drug-likeness (QED) is 0.325. The third-order valence-electron chi connectivity index (χ3n) is 7.35. The molecule has 5 N–H and O–H groups in total. The minimum atomic E-state index is -1.18. The predicted molar refractivity (Wildman–Crippen MR) is 108 cm³/mol. The van der Waals surface area contributed by atoms with Gasteiger partial charge in [-0.25, -0.2) is 0 Å². The SMILES string of the molecule is O=C1CCC(N2C(=O)c3cccc(CNC(=O)[C@H]4CC5C(O)[C@@H](O)C4[C@@H]5O)c3C2=O)C(=O)N1. The van der Waals surface area contributed by atoms with Gasteiger partial charge in [-0.2, -0.15) is 0 Å². The maximum atomic E-state index is 13.1. The highest BCUT2D eigenvalue weighted by Gasteiger charge is 2.60. The van der Waals surface area contributed by atoms with Gasteiger partial charge in [-0.05, 0) is 24.5 Å². The smallest absolute Gasteiger partial charge is 0.262 e. The van der Waals surface area contributed by atoms with Gasteiger partial charge in [0.1, 0.15) is 6.04 Å². The number of nitrogens with zero attached hydrogens (tertiary/aromatic N) is 1. The lowest BCUT2D eigenvalue weighted by Gasteiger charge is -2.28. The fourth-order valence-electron chi connectivity index (χ4n) is 5.70. The summed E-state index contributed by atoms with van der Waals surface area (Å²) in [5.74, 6) is -4.90. The van der Waals surface area contributed by atoms with Gasteiger partial charge in [0, 0.05) is 30.7 Å². The number of aliphatic hydroxyl groups is 3. The molecule has 2 aliphatic heterocycles. The minimum absolute atomic E-state index is 0.0165. The Balaban J connectivity index is 1.32. The molecular weight excluding hydrogens is 434 g/mol. The molecule has 2 saturated carbocycles. The van der Waals surface area contributed by atoms with Crippen LogP contribution in [0.3, 0.4) is 0 Å². The predicted octanol–water partition coefficient (Wildman–Crippen LogP) is -1.95. The summed E-state index contributed by atoms with van der Waals surface area (Å²) in [4.78, 5) is 63.3. The molecule has 0 aromatic heterocycles. The fourth-order valence-corrected chi connectivity index (χ4v) is 5.70. The first-order chi connectivity index (χ1) is 15.7. The topological polar surface area (TPSA) is 173 Å². The minimum Gasteiger partial charge on any atom is -0.392 e. The van der Waals surface area contributed by atoms with Gasteiger partial charge in [-0.1, -0.05) is 12.1 Å². The van der Waals surface area contributed by atoms with E-state index in [0.29, 0.717) is 5.56 Å². The van der Waals surface area contributed by atoms with Crippen LogP contribution >= 0.6 is 0 Å². The van der Waals surface area contributed by atoms with Crippen LogP contribution in [0, 0.1) is 17.8 Å². The zero-order valence-electron chi connectivity index (χ0n) is 17.4. The molecule has 0 spiro atoms. The Morgan fingerprint density at radius 2 is 1.82 bits per heavy atom. The Bertz CT molecular complexity index is 1080. The van der Waals surface area contributed by atoms with Gasteiger partial charge < -0.3 is 20.6 Å². The molecular formula is C22H23N3O8. The van der Waals surface area contributed by atoms with Crippen molar-refractivity contribution in [1.29, 1.82) is 0 Å². The lowest BCUT2D eigenvalue weighted by Crippen LogP contribution is -2.54. The van der Waals surface area contributed by atoms with Gasteiger partial charge in [0.2, 0.25) is 17.7 Å². The van der Waals surface area contributed by atoms with E-state index >= 15 is 0 Å². The third kappa shape index (κ3) is 3.18. The highest BCUT2D eigenvalue weighted by molar-refractivity contribution is 6.24. The molecule has 2 bridgehead atoms. The number of amides is 5. The maximum Gasteiger partial charge on any atom is 0.262 e. The van der Waals surface area contributed by atoms with E-state index in [4.69, 9.17) is 0 Å². The van der Waals surface area contributed by atoms with Crippen LogP contribution in [0.2, 0.25) is 0 Å². The first kappa shape index (κ1) is 21.7. The molecule has 33 heavy (non-hydrogen) atoms. The van der Waals surface area contributed by atoms with Gasteiger partial charge >= 0.3 is 0 Å². The molecule has 2 heterocycles. The van der Waals surface area contributed by atoms with Crippen LogP contribution in [-0.2, 0) is 20.9 Å². The Morgan fingerprint density at radius 1 is 1.06 bits per heavy atom. The van der Waals surface area contributed by atoms with Crippen molar-refractivity contribution in [2.75, 3.05) is 0 Å². The van der Waals surface area contributed by atoms with E-state index in [0.717, 1.165) is 4.90 Å². The summed E-state index contributed by atoms with van der Waals surface area (Å²) in [5.41, 5.74) is 0.597. The molecule has 2 aliphatic carbocycles. The van der Waals surface area contributed by atoms with E-state index in [1.165, 1.54) is 6.07 Å². The molecule has 3 fully saturated rings. The molecule has 5 amide bonds. The average Bonchev–Trinajstić information content (AvgIpc) is 3.32. The number of hydrogen-bond donors (Lipinski definition) is 5. The molecule has 7 atom stereocenters. The molecule has 1 aromatic carbocycles. The standard InChI is InChI=1S/C22H23N3O8/c26-13-5-4-12(20(31)24-13)25-21(32)9-3-1-2-8(14(9)22(25)33)7-23-19(30)10-6-11-16(27)15(10)18(29)17(11)28/h1-3,10-12,15-18,27-29H,4-7H2,(H,23,30)(H,24,26,31)/t10-,11?,12?,15?,16+,17?,18-/m0/s1. The van der Waals surface area contributed by atoms with Crippen molar-refractivity contribution in [3.63, 3.8) is 0 Å². The summed E-state index contributed by atoms with van der Waals surface area (Å²) >= 11 is 0. The lowest BCUT2D eigenvalue weighted by molar-refractivity contribution is -0.136. The van der Waals surface area contributed by atoms with E-state index in [1.54, 1.807) is 12.1 Å². The van der Waals surface area contributed by atoms with E-state index in [9.17, 15) is 39.3 Å². The van der Waals surface area contributed by atoms with Crippen molar-refractivity contribution in [1.82, 2.24) is 15.5 Å². The monoisotopic (exact) mass is 457 g/mol. The van der Waals surface area contributed by atoms with E-state index < -0.39 is 71.6 Å². The van der Waals surface area contributed by atoms with Crippen molar-refractivity contribution in [2.45, 2.75) is 50.2 Å². The molecule has 1 saturated heterocycles. The number of imide groups is 2. The highest BCUT2D eigenvalue weighted by Crippen LogP contribution is 2.48. The van der Waals surface area contributed by atoms with Crippen LogP contribution in [0.5, 0.6) is 0 Å². The summed E-state index contributed by atoms with van der Waals surface area (Å²) in [6.45, 7) is -0.0765. The molecule has 174 valence electrons. The van der Waals surface area contributed by atoms with E-state index in [-0.39, 0.29) is 36.9 Å². The van der Waals surface area contributed by atoms with Gasteiger partial charge in [-0.3, -0.25) is 34.2 Å². The number of fused-ring (bicyclic) bond motifs is 3. The van der Waals surface area contributed by atoms with Crippen molar-refractivity contribution in [3.05, 3.63) is 34.9 Å². The second kappa shape index (κ2) is 7.72. The zero-order valence-corrected chi connectivity index (χ0v) is 17.4. The first-order valence-corrected chi connectivity index (χ1v) is 10.9. The van der Waals surface area contributed by atoms with Crippen LogP contribution in [0.25, 0.3) is 0 Å². The highest BCUT2D eigenvalue weighted by atomic mass is 16.3. The summed E-state index contributed by atoms with van der Waals surface area (Å²) in [6, 6.07) is 3.55. The maximum absolute atomic E-state index is 13.1. The summed E-state index contributed by atoms with van der Waals surface area (Å²) in [6.07, 6.45) is -2.91. The Morgan fingerprint density at radius 3 is 2.48 bits per heavy atom. The molecule has 4 aliphatic rings. The van der Waals surface area contributed by atoms with Crippen molar-refractivity contribution < 1.29 is 39.3 Å².